The summed E-state index contributed by atoms with van der Waals surface area (Å²) in [7, 11) is 2.08. The number of nitrogens with zero attached hydrogens (tertiary/aromatic N) is 2. The monoisotopic (exact) mass is 399 g/mol. The van der Waals surface area contributed by atoms with Gasteiger partial charge in [-0.3, -0.25) is 9.59 Å². The van der Waals surface area contributed by atoms with Gasteiger partial charge in [-0.15, -0.1) is 0 Å². The second-order valence-electron chi connectivity index (χ2n) is 7.22. The summed E-state index contributed by atoms with van der Waals surface area (Å²) in [5, 5.41) is 3.50. The third-order valence-electron chi connectivity index (χ3n) is 4.95. The lowest BCUT2D eigenvalue weighted by Crippen LogP contribution is -2.34. The first-order valence-electron chi connectivity index (χ1n) is 9.59. The van der Waals surface area contributed by atoms with Crippen LogP contribution in [-0.4, -0.2) is 43.4 Å². The van der Waals surface area contributed by atoms with Gasteiger partial charge in [0.05, 0.1) is 16.6 Å². The number of nitrogens with one attached hydrogen (secondary N) is 1. The van der Waals surface area contributed by atoms with Gasteiger partial charge in [0.25, 0.3) is 0 Å². The Kier molecular flexibility index (Phi) is 7.06. The van der Waals surface area contributed by atoms with E-state index in [1.807, 2.05) is 36.4 Å². The number of para-hydroxylation sites is 1. The number of amides is 2. The second-order valence-corrected chi connectivity index (χ2v) is 7.63. The molecule has 0 radical (unpaired) electrons. The molecule has 0 spiro atoms. The van der Waals surface area contributed by atoms with E-state index < -0.39 is 0 Å². The minimum Gasteiger partial charge on any atom is -0.356 e. The second kappa shape index (κ2) is 9.71. The van der Waals surface area contributed by atoms with Gasteiger partial charge in [-0.1, -0.05) is 54.1 Å². The number of carbonyl (C=O) groups excluding carboxylic acids is 2. The highest BCUT2D eigenvalue weighted by Crippen LogP contribution is 2.30. The maximum absolute atomic E-state index is 12.5. The average Bonchev–Trinajstić information content (AvgIpc) is 3.08. The molecule has 0 bridgehead atoms. The van der Waals surface area contributed by atoms with Gasteiger partial charge in [-0.2, -0.15) is 0 Å². The molecule has 1 saturated heterocycles. The molecule has 148 valence electrons. The molecule has 3 rings (SSSR count). The first-order chi connectivity index (χ1) is 13.5. The van der Waals surface area contributed by atoms with Crippen LogP contribution in [0.5, 0.6) is 0 Å². The Bertz CT molecular complexity index is 812. The van der Waals surface area contributed by atoms with Crippen LogP contribution >= 0.6 is 11.6 Å². The maximum Gasteiger partial charge on any atom is 0.227 e. The Morgan fingerprint density at radius 1 is 1.18 bits per heavy atom. The Morgan fingerprint density at radius 2 is 1.89 bits per heavy atom. The third-order valence-corrected chi connectivity index (χ3v) is 5.27. The van der Waals surface area contributed by atoms with Crippen LogP contribution < -0.4 is 10.2 Å². The fraction of sp³-hybridized carbons (Fsp3) is 0.364. The molecular formula is C22H26ClN3O2. The van der Waals surface area contributed by atoms with Crippen molar-refractivity contribution >= 4 is 29.1 Å². The van der Waals surface area contributed by atoms with Gasteiger partial charge in [0.2, 0.25) is 11.8 Å². The minimum absolute atomic E-state index is 0.0594. The van der Waals surface area contributed by atoms with E-state index in [9.17, 15) is 9.59 Å². The van der Waals surface area contributed by atoms with Crippen LogP contribution in [0.2, 0.25) is 5.02 Å². The molecule has 2 aromatic rings. The van der Waals surface area contributed by atoms with Crippen molar-refractivity contribution in [2.75, 3.05) is 31.6 Å². The Balaban J connectivity index is 1.41. The predicted octanol–water partition coefficient (Wildman–Crippen LogP) is 3.33. The molecule has 0 aromatic heterocycles. The van der Waals surface area contributed by atoms with Crippen LogP contribution in [0.25, 0.3) is 0 Å². The van der Waals surface area contributed by atoms with Crippen molar-refractivity contribution in [2.24, 2.45) is 5.92 Å². The number of hydrogen-bond acceptors (Lipinski definition) is 3. The van der Waals surface area contributed by atoms with Crippen LogP contribution in [-0.2, 0) is 16.1 Å². The molecule has 28 heavy (non-hydrogen) atoms. The molecule has 0 aliphatic carbocycles. The van der Waals surface area contributed by atoms with Crippen molar-refractivity contribution in [3.05, 3.63) is 65.2 Å². The van der Waals surface area contributed by atoms with E-state index in [0.29, 0.717) is 23.8 Å². The summed E-state index contributed by atoms with van der Waals surface area (Å²) in [5.41, 5.74) is 1.95. The normalized spacial score (nSPS) is 16.6. The van der Waals surface area contributed by atoms with Crippen molar-refractivity contribution in [3.8, 4) is 0 Å². The largest absolute Gasteiger partial charge is 0.356 e. The molecule has 1 atom stereocenters. The van der Waals surface area contributed by atoms with E-state index >= 15 is 0 Å². The quantitative estimate of drug-likeness (QED) is 0.693. The lowest BCUT2D eigenvalue weighted by Gasteiger charge is -2.18. The maximum atomic E-state index is 12.5. The summed E-state index contributed by atoms with van der Waals surface area (Å²) in [6.45, 7) is 2.76. The zero-order valence-electron chi connectivity index (χ0n) is 16.1. The van der Waals surface area contributed by atoms with Crippen molar-refractivity contribution in [1.82, 2.24) is 10.2 Å². The topological polar surface area (TPSA) is 52.7 Å². The highest BCUT2D eigenvalue weighted by Gasteiger charge is 2.35. The molecule has 5 nitrogen and oxygen atoms in total. The van der Waals surface area contributed by atoms with Gasteiger partial charge in [-0.25, -0.2) is 0 Å². The molecule has 2 amide bonds. The van der Waals surface area contributed by atoms with Gasteiger partial charge in [0, 0.05) is 26.1 Å². The van der Waals surface area contributed by atoms with Crippen LogP contribution in [0.15, 0.2) is 54.6 Å². The van der Waals surface area contributed by atoms with Crippen molar-refractivity contribution in [2.45, 2.75) is 19.4 Å². The number of hydrogen-bond donors (Lipinski definition) is 1. The van der Waals surface area contributed by atoms with Gasteiger partial charge >= 0.3 is 0 Å². The average molecular weight is 400 g/mol. The minimum atomic E-state index is -0.328. The molecule has 1 aliphatic rings. The predicted molar refractivity (Wildman–Crippen MR) is 112 cm³/mol. The van der Waals surface area contributed by atoms with Crippen LogP contribution in [0.3, 0.4) is 0 Å². The van der Waals surface area contributed by atoms with Crippen molar-refractivity contribution in [1.29, 1.82) is 0 Å². The van der Waals surface area contributed by atoms with E-state index in [2.05, 4.69) is 29.4 Å². The molecule has 1 fully saturated rings. The Hall–Kier alpha value is -2.37. The zero-order valence-corrected chi connectivity index (χ0v) is 16.9. The summed E-state index contributed by atoms with van der Waals surface area (Å²) in [6.07, 6.45) is 1.09. The number of anilines is 1. The molecule has 1 unspecified atom stereocenters. The molecule has 1 heterocycles. The SMILES string of the molecule is CN(CCCNC(=O)C1CC(=O)N(c2ccccc2Cl)C1)Cc1ccccc1. The number of rotatable bonds is 8. The Morgan fingerprint density at radius 3 is 2.64 bits per heavy atom. The first-order valence-corrected chi connectivity index (χ1v) is 9.97. The zero-order chi connectivity index (χ0) is 19.9. The summed E-state index contributed by atoms with van der Waals surface area (Å²) in [5.74, 6) is -0.449. The van der Waals surface area contributed by atoms with E-state index in [-0.39, 0.29) is 24.2 Å². The summed E-state index contributed by atoms with van der Waals surface area (Å²) >= 11 is 6.19. The summed E-state index contributed by atoms with van der Waals surface area (Å²) < 4.78 is 0. The van der Waals surface area contributed by atoms with Gasteiger partial charge < -0.3 is 15.1 Å². The van der Waals surface area contributed by atoms with Crippen LogP contribution in [0, 0.1) is 5.92 Å². The third kappa shape index (κ3) is 5.33. The van der Waals surface area contributed by atoms with Gasteiger partial charge in [-0.05, 0) is 37.7 Å². The Labute approximate surface area is 171 Å². The highest BCUT2D eigenvalue weighted by atomic mass is 35.5. The van der Waals surface area contributed by atoms with E-state index in [1.54, 1.807) is 11.0 Å². The molecule has 0 saturated carbocycles. The summed E-state index contributed by atoms with van der Waals surface area (Å²) in [4.78, 5) is 28.6. The number of carbonyl (C=O) groups is 2. The van der Waals surface area contributed by atoms with E-state index in [4.69, 9.17) is 11.6 Å². The van der Waals surface area contributed by atoms with Crippen LogP contribution in [0.4, 0.5) is 5.69 Å². The first kappa shape index (κ1) is 20.4. The molecule has 2 aromatic carbocycles. The van der Waals surface area contributed by atoms with Crippen molar-refractivity contribution < 1.29 is 9.59 Å². The highest BCUT2D eigenvalue weighted by molar-refractivity contribution is 6.33. The molecular weight excluding hydrogens is 374 g/mol. The number of benzene rings is 2. The molecule has 6 heteroatoms. The fourth-order valence-corrected chi connectivity index (χ4v) is 3.70. The molecule has 1 N–H and O–H groups in total. The van der Waals surface area contributed by atoms with Gasteiger partial charge in [0.15, 0.2) is 0 Å². The lowest BCUT2D eigenvalue weighted by molar-refractivity contribution is -0.126. The fourth-order valence-electron chi connectivity index (χ4n) is 3.47. The van der Waals surface area contributed by atoms with Gasteiger partial charge in [0.1, 0.15) is 0 Å². The molecule has 1 aliphatic heterocycles. The van der Waals surface area contributed by atoms with Crippen molar-refractivity contribution in [3.63, 3.8) is 0 Å². The lowest BCUT2D eigenvalue weighted by atomic mass is 10.1. The van der Waals surface area contributed by atoms with Crippen LogP contribution in [0.1, 0.15) is 18.4 Å². The summed E-state index contributed by atoms with van der Waals surface area (Å²) in [6, 6.07) is 17.5. The number of halogens is 1. The standard InChI is InChI=1S/C22H26ClN3O2/c1-25(15-17-8-3-2-4-9-17)13-7-12-24-22(28)18-14-21(27)26(16-18)20-11-6-5-10-19(20)23/h2-6,8-11,18H,7,12-16H2,1H3,(H,24,28). The smallest absolute Gasteiger partial charge is 0.227 e. The van der Waals surface area contributed by atoms with E-state index in [0.717, 1.165) is 19.5 Å². The van der Waals surface area contributed by atoms with E-state index in [1.165, 1.54) is 5.56 Å².